The molecule has 2 aromatic carbocycles. The molecule has 0 aliphatic rings. The minimum atomic E-state index is -0.158. The molecule has 0 aromatic heterocycles. The van der Waals surface area contributed by atoms with Crippen LogP contribution in [-0.2, 0) is 0 Å². The molecular weight excluding hydrogens is 352 g/mol. The fraction of sp³-hybridized carbons (Fsp3) is 0.250. The molecule has 0 aliphatic heterocycles. The molecule has 1 N–H and O–H groups in total. The van der Waals surface area contributed by atoms with E-state index < -0.39 is 0 Å². The highest BCUT2D eigenvalue weighted by Crippen LogP contribution is 2.25. The van der Waals surface area contributed by atoms with E-state index in [0.29, 0.717) is 5.56 Å². The van der Waals surface area contributed by atoms with Crippen LogP contribution in [0.15, 0.2) is 48.5 Å². The van der Waals surface area contributed by atoms with E-state index in [0.717, 1.165) is 18.5 Å². The molecule has 100 valence electrons. The summed E-state index contributed by atoms with van der Waals surface area (Å²) in [7, 11) is 0. The highest BCUT2D eigenvalue weighted by Gasteiger charge is 2.16. The Morgan fingerprint density at radius 1 is 1.11 bits per heavy atom. The minimum absolute atomic E-state index is 0.0850. The number of hydrogen-bond acceptors (Lipinski definition) is 1. The zero-order valence-electron chi connectivity index (χ0n) is 10.9. The van der Waals surface area contributed by atoms with Crippen LogP contribution in [0.2, 0.25) is 0 Å². The van der Waals surface area contributed by atoms with Crippen LogP contribution in [-0.4, -0.2) is 6.54 Å². The van der Waals surface area contributed by atoms with Gasteiger partial charge in [0.2, 0.25) is 0 Å². The van der Waals surface area contributed by atoms with Crippen molar-refractivity contribution in [2.45, 2.75) is 19.4 Å². The zero-order valence-corrected chi connectivity index (χ0v) is 13.0. The Morgan fingerprint density at radius 3 is 2.42 bits per heavy atom. The standard InChI is InChI=1S/C16H17FIN/c1-2-11-19-16(12-7-9-13(18)10-8-12)14-5-3-4-6-15(14)17/h3-10,16,19H,2,11H2,1H3. The Balaban J connectivity index is 2.35. The van der Waals surface area contributed by atoms with Crippen LogP contribution in [0, 0.1) is 9.39 Å². The molecule has 0 saturated carbocycles. The summed E-state index contributed by atoms with van der Waals surface area (Å²) in [5.74, 6) is -0.158. The number of halogens is 2. The highest BCUT2D eigenvalue weighted by molar-refractivity contribution is 14.1. The lowest BCUT2D eigenvalue weighted by Crippen LogP contribution is -2.24. The van der Waals surface area contributed by atoms with Gasteiger partial charge in [-0.25, -0.2) is 4.39 Å². The Morgan fingerprint density at radius 2 is 1.79 bits per heavy atom. The first-order valence-corrected chi connectivity index (χ1v) is 7.53. The van der Waals surface area contributed by atoms with E-state index in [2.05, 4.69) is 59.1 Å². The van der Waals surface area contributed by atoms with Gasteiger partial charge in [-0.3, -0.25) is 0 Å². The van der Waals surface area contributed by atoms with Crippen molar-refractivity contribution < 1.29 is 4.39 Å². The normalized spacial score (nSPS) is 12.4. The van der Waals surface area contributed by atoms with Crippen LogP contribution >= 0.6 is 22.6 Å². The average Bonchev–Trinajstić information content (AvgIpc) is 2.43. The van der Waals surface area contributed by atoms with Crippen LogP contribution < -0.4 is 5.32 Å². The van der Waals surface area contributed by atoms with Gasteiger partial charge in [0.05, 0.1) is 6.04 Å². The van der Waals surface area contributed by atoms with Gasteiger partial charge >= 0.3 is 0 Å². The lowest BCUT2D eigenvalue weighted by Gasteiger charge is -2.20. The molecule has 1 nitrogen and oxygen atoms in total. The number of nitrogens with one attached hydrogen (secondary N) is 1. The molecule has 0 aliphatic carbocycles. The van der Waals surface area contributed by atoms with Crippen molar-refractivity contribution in [3.63, 3.8) is 0 Å². The summed E-state index contributed by atoms with van der Waals surface area (Å²) in [4.78, 5) is 0. The van der Waals surface area contributed by atoms with Gasteiger partial charge in [-0.15, -0.1) is 0 Å². The monoisotopic (exact) mass is 369 g/mol. The van der Waals surface area contributed by atoms with Crippen LogP contribution in [0.5, 0.6) is 0 Å². The molecule has 2 rings (SSSR count). The second kappa shape index (κ2) is 7.01. The summed E-state index contributed by atoms with van der Waals surface area (Å²) < 4.78 is 15.2. The average molecular weight is 369 g/mol. The topological polar surface area (TPSA) is 12.0 Å². The third-order valence-corrected chi connectivity index (χ3v) is 3.74. The van der Waals surface area contributed by atoms with E-state index in [9.17, 15) is 4.39 Å². The maximum absolute atomic E-state index is 14.0. The number of rotatable bonds is 5. The van der Waals surface area contributed by atoms with Gasteiger partial charge in [-0.2, -0.15) is 0 Å². The van der Waals surface area contributed by atoms with Crippen molar-refractivity contribution in [2.24, 2.45) is 0 Å². The minimum Gasteiger partial charge on any atom is -0.306 e. The lowest BCUT2D eigenvalue weighted by molar-refractivity contribution is 0.547. The molecular formula is C16H17FIN. The molecule has 0 bridgehead atoms. The molecule has 0 amide bonds. The van der Waals surface area contributed by atoms with E-state index >= 15 is 0 Å². The third kappa shape index (κ3) is 3.76. The van der Waals surface area contributed by atoms with E-state index in [-0.39, 0.29) is 11.9 Å². The Hall–Kier alpha value is -0.940. The Kier molecular flexibility index (Phi) is 5.34. The first-order chi connectivity index (χ1) is 9.22. The lowest BCUT2D eigenvalue weighted by atomic mass is 9.98. The molecule has 1 unspecified atom stereocenters. The zero-order chi connectivity index (χ0) is 13.7. The van der Waals surface area contributed by atoms with Crippen LogP contribution in [0.25, 0.3) is 0 Å². The maximum atomic E-state index is 14.0. The SMILES string of the molecule is CCCNC(c1ccc(I)cc1)c1ccccc1F. The molecule has 1 atom stereocenters. The Labute approximate surface area is 127 Å². The van der Waals surface area contributed by atoms with E-state index in [1.54, 1.807) is 6.07 Å². The molecule has 0 saturated heterocycles. The van der Waals surface area contributed by atoms with Gasteiger partial charge in [-0.1, -0.05) is 37.3 Å². The predicted molar refractivity (Wildman–Crippen MR) is 85.7 cm³/mol. The largest absolute Gasteiger partial charge is 0.306 e. The van der Waals surface area contributed by atoms with Crippen molar-refractivity contribution in [3.8, 4) is 0 Å². The first-order valence-electron chi connectivity index (χ1n) is 6.45. The summed E-state index contributed by atoms with van der Waals surface area (Å²) in [5.41, 5.74) is 1.80. The van der Waals surface area contributed by atoms with Crippen LogP contribution in [0.1, 0.15) is 30.5 Å². The second-order valence-corrected chi connectivity index (χ2v) is 5.71. The fourth-order valence-corrected chi connectivity index (χ4v) is 2.42. The van der Waals surface area contributed by atoms with E-state index in [1.165, 1.54) is 9.64 Å². The quantitative estimate of drug-likeness (QED) is 0.765. The van der Waals surface area contributed by atoms with Gasteiger partial charge in [0.1, 0.15) is 5.82 Å². The second-order valence-electron chi connectivity index (χ2n) is 4.46. The van der Waals surface area contributed by atoms with Crippen molar-refractivity contribution >= 4 is 22.6 Å². The molecule has 19 heavy (non-hydrogen) atoms. The van der Waals surface area contributed by atoms with E-state index in [4.69, 9.17) is 0 Å². The number of benzene rings is 2. The van der Waals surface area contributed by atoms with E-state index in [1.807, 2.05) is 12.1 Å². The third-order valence-electron chi connectivity index (χ3n) is 3.02. The predicted octanol–water partition coefficient (Wildman–Crippen LogP) is 4.52. The molecule has 0 fully saturated rings. The first kappa shape index (κ1) is 14.5. The van der Waals surface area contributed by atoms with Gasteiger partial charge in [0.25, 0.3) is 0 Å². The molecule has 0 radical (unpaired) electrons. The summed E-state index contributed by atoms with van der Waals surface area (Å²) in [6.07, 6.45) is 1.02. The van der Waals surface area contributed by atoms with Gasteiger partial charge in [0.15, 0.2) is 0 Å². The van der Waals surface area contributed by atoms with Crippen molar-refractivity contribution in [1.29, 1.82) is 0 Å². The Bertz CT molecular complexity index is 525. The molecule has 0 spiro atoms. The van der Waals surface area contributed by atoms with Gasteiger partial charge < -0.3 is 5.32 Å². The summed E-state index contributed by atoms with van der Waals surface area (Å²) in [6.45, 7) is 2.98. The molecule has 3 heteroatoms. The van der Waals surface area contributed by atoms with Gasteiger partial charge in [-0.05, 0) is 59.3 Å². The van der Waals surface area contributed by atoms with Crippen LogP contribution in [0.3, 0.4) is 0 Å². The summed E-state index contributed by atoms with van der Waals surface area (Å²) in [5, 5.41) is 3.42. The van der Waals surface area contributed by atoms with Gasteiger partial charge in [0, 0.05) is 9.13 Å². The fourth-order valence-electron chi connectivity index (χ4n) is 2.06. The number of hydrogen-bond donors (Lipinski definition) is 1. The highest BCUT2D eigenvalue weighted by atomic mass is 127. The van der Waals surface area contributed by atoms with Crippen molar-refractivity contribution in [1.82, 2.24) is 5.32 Å². The molecule has 2 aromatic rings. The van der Waals surface area contributed by atoms with Crippen molar-refractivity contribution in [3.05, 3.63) is 69.0 Å². The van der Waals surface area contributed by atoms with Crippen LogP contribution in [0.4, 0.5) is 4.39 Å². The summed E-state index contributed by atoms with van der Waals surface area (Å²) in [6, 6.07) is 15.1. The summed E-state index contributed by atoms with van der Waals surface area (Å²) >= 11 is 2.28. The molecule has 0 heterocycles. The smallest absolute Gasteiger partial charge is 0.128 e. The maximum Gasteiger partial charge on any atom is 0.128 e. The van der Waals surface area contributed by atoms with Crippen molar-refractivity contribution in [2.75, 3.05) is 6.54 Å².